The molecule has 1 saturated carbocycles. The first-order chi connectivity index (χ1) is 21.4. The molecule has 0 bridgehead atoms. The summed E-state index contributed by atoms with van der Waals surface area (Å²) in [6.45, 7) is 2.07. The number of hydrogen-bond donors (Lipinski definition) is 0. The molecule has 0 heterocycles. The predicted molar refractivity (Wildman–Crippen MR) is 152 cm³/mol. The average Bonchev–Trinajstić information content (AvgIpc) is 3.00. The minimum Gasteiger partial charge on any atom is -0.403 e. The fraction of sp³-hybridized carbons (Fsp3) is 0.486. The number of fused-ring (bicyclic) bond motifs is 1. The van der Waals surface area contributed by atoms with Crippen LogP contribution in [0, 0.1) is 40.8 Å². The zero-order valence-corrected chi connectivity index (χ0v) is 24.9. The average molecular weight is 643 g/mol. The van der Waals surface area contributed by atoms with Crippen LogP contribution in [-0.2, 0) is 25.7 Å². The molecule has 0 radical (unpaired) electrons. The van der Waals surface area contributed by atoms with E-state index in [1.54, 1.807) is 12.1 Å². The summed E-state index contributed by atoms with van der Waals surface area (Å²) >= 11 is 0. The number of benzene rings is 3. The van der Waals surface area contributed by atoms with Crippen molar-refractivity contribution in [3.8, 4) is 5.75 Å². The van der Waals surface area contributed by atoms with E-state index >= 15 is 13.2 Å². The van der Waals surface area contributed by atoms with Crippen LogP contribution in [0.3, 0.4) is 0 Å². The summed E-state index contributed by atoms with van der Waals surface area (Å²) in [4.78, 5) is 0. The van der Waals surface area contributed by atoms with Crippen LogP contribution in [0.15, 0.2) is 30.3 Å². The van der Waals surface area contributed by atoms with Crippen molar-refractivity contribution in [3.63, 3.8) is 0 Å². The number of unbranched alkanes of at least 4 members (excludes halogenated alkanes) is 1. The Bertz CT molecular complexity index is 1520. The topological polar surface area (TPSA) is 9.23 Å². The summed E-state index contributed by atoms with van der Waals surface area (Å²) in [7, 11) is 0. The largest absolute Gasteiger partial charge is 0.573 e. The molecular formula is C35H35F9O. The quantitative estimate of drug-likeness (QED) is 0.167. The van der Waals surface area contributed by atoms with Crippen LogP contribution in [0.1, 0.15) is 104 Å². The molecule has 1 atom stereocenters. The second-order valence-corrected chi connectivity index (χ2v) is 12.4. The van der Waals surface area contributed by atoms with Gasteiger partial charge in [0.2, 0.25) is 5.82 Å². The van der Waals surface area contributed by atoms with Crippen molar-refractivity contribution in [1.29, 1.82) is 0 Å². The van der Waals surface area contributed by atoms with Crippen LogP contribution < -0.4 is 4.74 Å². The maximum absolute atomic E-state index is 15.8. The molecule has 0 aromatic heterocycles. The number of hydrogen-bond acceptors (Lipinski definition) is 1. The Hall–Kier alpha value is -3.17. The van der Waals surface area contributed by atoms with E-state index < -0.39 is 53.0 Å². The maximum atomic E-state index is 15.8. The molecule has 0 N–H and O–H groups in total. The Labute approximate surface area is 256 Å². The summed E-state index contributed by atoms with van der Waals surface area (Å²) in [5.41, 5.74) is 1.20. The number of ether oxygens (including phenoxy) is 1. The lowest BCUT2D eigenvalue weighted by Crippen LogP contribution is -2.23. The van der Waals surface area contributed by atoms with Gasteiger partial charge in [-0.15, -0.1) is 13.2 Å². The van der Waals surface area contributed by atoms with E-state index in [1.807, 2.05) is 6.07 Å². The van der Waals surface area contributed by atoms with Gasteiger partial charge in [0.25, 0.3) is 0 Å². The smallest absolute Gasteiger partial charge is 0.403 e. The Balaban J connectivity index is 1.25. The zero-order chi connectivity index (χ0) is 32.5. The van der Waals surface area contributed by atoms with E-state index in [-0.39, 0.29) is 72.5 Å². The first-order valence-corrected chi connectivity index (χ1v) is 15.6. The third-order valence-corrected chi connectivity index (χ3v) is 9.49. The van der Waals surface area contributed by atoms with Gasteiger partial charge in [-0.2, -0.15) is 4.39 Å². The number of rotatable bonds is 9. The maximum Gasteiger partial charge on any atom is 0.573 e. The summed E-state index contributed by atoms with van der Waals surface area (Å²) < 4.78 is 131. The molecule has 45 heavy (non-hydrogen) atoms. The normalized spacial score (nSPS) is 20.3. The lowest BCUT2D eigenvalue weighted by molar-refractivity contribution is -0.275. The molecule has 1 nitrogen and oxygen atoms in total. The van der Waals surface area contributed by atoms with Gasteiger partial charge in [0.15, 0.2) is 23.2 Å². The number of alkyl halides is 3. The Morgan fingerprint density at radius 3 is 2.11 bits per heavy atom. The van der Waals surface area contributed by atoms with Gasteiger partial charge in [-0.1, -0.05) is 31.5 Å². The molecule has 2 aliphatic carbocycles. The van der Waals surface area contributed by atoms with Gasteiger partial charge in [0.05, 0.1) is 0 Å². The van der Waals surface area contributed by atoms with E-state index in [1.165, 1.54) is 0 Å². The molecule has 244 valence electrons. The van der Waals surface area contributed by atoms with Crippen molar-refractivity contribution >= 4 is 0 Å². The van der Waals surface area contributed by atoms with Gasteiger partial charge in [-0.05, 0) is 128 Å². The third kappa shape index (κ3) is 7.30. The summed E-state index contributed by atoms with van der Waals surface area (Å²) in [6, 6.07) is 6.98. The second kappa shape index (κ2) is 13.7. The van der Waals surface area contributed by atoms with Gasteiger partial charge in [0.1, 0.15) is 11.6 Å². The SMILES string of the molecule is CCCCc1ccc(CCC2CCc3c(F)c(C4CCC(c5ccc(OC(F)(F)F)c(F)c5F)CC4)c(F)c(F)c3C2)c(F)c1. The van der Waals surface area contributed by atoms with Crippen LogP contribution in [0.4, 0.5) is 39.5 Å². The number of aryl methyl sites for hydroxylation is 2. The van der Waals surface area contributed by atoms with E-state index in [0.29, 0.717) is 30.9 Å². The Morgan fingerprint density at radius 1 is 0.733 bits per heavy atom. The van der Waals surface area contributed by atoms with E-state index in [0.717, 1.165) is 30.9 Å². The highest BCUT2D eigenvalue weighted by atomic mass is 19.4. The fourth-order valence-corrected chi connectivity index (χ4v) is 7.04. The van der Waals surface area contributed by atoms with Gasteiger partial charge in [0, 0.05) is 5.56 Å². The van der Waals surface area contributed by atoms with E-state index in [4.69, 9.17) is 0 Å². The molecule has 0 aliphatic heterocycles. The first kappa shape index (κ1) is 33.2. The van der Waals surface area contributed by atoms with Crippen molar-refractivity contribution in [2.24, 2.45) is 5.92 Å². The molecule has 0 saturated heterocycles. The summed E-state index contributed by atoms with van der Waals surface area (Å²) in [6.07, 6.45) is 0.200. The second-order valence-electron chi connectivity index (χ2n) is 12.4. The fourth-order valence-electron chi connectivity index (χ4n) is 7.04. The highest BCUT2D eigenvalue weighted by Gasteiger charge is 2.37. The minimum absolute atomic E-state index is 0.0211. The number of halogens is 9. The van der Waals surface area contributed by atoms with E-state index in [2.05, 4.69) is 11.7 Å². The lowest BCUT2D eigenvalue weighted by Gasteiger charge is -2.32. The Morgan fingerprint density at radius 2 is 1.44 bits per heavy atom. The van der Waals surface area contributed by atoms with Gasteiger partial charge < -0.3 is 4.74 Å². The standard InChI is InChI=1S/C35H35F9O/c1-2-3-4-19-5-8-22(27(36)18-19)9-6-20-7-14-25-26(17-20)32(39)34(41)29(30(25)37)23-12-10-21(11-13-23)24-15-16-28(33(40)31(24)38)45-35(42,43)44/h5,8,15-16,18,20-21,23H,2-4,6-7,9-14,17H2,1H3. The summed E-state index contributed by atoms with van der Waals surface area (Å²) in [5, 5.41) is 0. The lowest BCUT2D eigenvalue weighted by atomic mass is 9.73. The molecule has 1 fully saturated rings. The van der Waals surface area contributed by atoms with Crippen molar-refractivity contribution in [2.75, 3.05) is 0 Å². The molecule has 0 amide bonds. The van der Waals surface area contributed by atoms with Crippen molar-refractivity contribution in [1.82, 2.24) is 0 Å². The summed E-state index contributed by atoms with van der Waals surface area (Å²) in [5.74, 6) is -9.21. The molecule has 1 unspecified atom stereocenters. The predicted octanol–water partition coefficient (Wildman–Crippen LogP) is 10.9. The monoisotopic (exact) mass is 642 g/mol. The minimum atomic E-state index is -5.19. The molecule has 3 aromatic rings. The molecule has 2 aliphatic rings. The molecule has 5 rings (SSSR count). The highest BCUT2D eigenvalue weighted by molar-refractivity contribution is 5.41. The van der Waals surface area contributed by atoms with Gasteiger partial charge in [-0.25, -0.2) is 22.0 Å². The van der Waals surface area contributed by atoms with Gasteiger partial charge >= 0.3 is 6.36 Å². The highest BCUT2D eigenvalue weighted by Crippen LogP contribution is 2.46. The van der Waals surface area contributed by atoms with Crippen LogP contribution in [-0.4, -0.2) is 6.36 Å². The molecule has 10 heteroatoms. The third-order valence-electron chi connectivity index (χ3n) is 9.49. The molecular weight excluding hydrogens is 607 g/mol. The van der Waals surface area contributed by atoms with Crippen LogP contribution in [0.2, 0.25) is 0 Å². The van der Waals surface area contributed by atoms with Crippen molar-refractivity contribution < 1.29 is 44.3 Å². The molecule has 0 spiro atoms. The van der Waals surface area contributed by atoms with E-state index in [9.17, 15) is 26.3 Å². The van der Waals surface area contributed by atoms with Crippen molar-refractivity contribution in [2.45, 2.75) is 102 Å². The van der Waals surface area contributed by atoms with Gasteiger partial charge in [-0.3, -0.25) is 0 Å². The zero-order valence-electron chi connectivity index (χ0n) is 24.9. The molecule has 3 aromatic carbocycles. The van der Waals surface area contributed by atoms with Crippen molar-refractivity contribution in [3.05, 3.63) is 98.6 Å². The Kier molecular flexibility index (Phi) is 10.1. The van der Waals surface area contributed by atoms with Crippen LogP contribution in [0.5, 0.6) is 5.75 Å². The van der Waals surface area contributed by atoms with Crippen LogP contribution >= 0.6 is 0 Å². The van der Waals surface area contributed by atoms with Crippen LogP contribution in [0.25, 0.3) is 0 Å². The first-order valence-electron chi connectivity index (χ1n) is 15.6.